The normalized spacial score (nSPS) is 20.0. The van der Waals surface area contributed by atoms with E-state index in [1.165, 1.54) is 0 Å². The SMILES string of the molecule is CCOC(=O)c1cc(NC(=S)N2C[C@H]3C[C@H](C2)c2cccc(=O)n2C3)ccc1Cl. The van der Waals surface area contributed by atoms with E-state index in [2.05, 4.69) is 10.2 Å². The number of piperidine rings is 1. The molecule has 29 heavy (non-hydrogen) atoms. The molecule has 0 aliphatic carbocycles. The van der Waals surface area contributed by atoms with Crippen molar-refractivity contribution in [2.24, 2.45) is 5.92 Å². The van der Waals surface area contributed by atoms with Gasteiger partial charge < -0.3 is 19.5 Å². The molecular formula is C21H22ClN3O3S. The molecule has 1 aromatic heterocycles. The number of carbonyl (C=O) groups excluding carboxylic acids is 1. The molecule has 1 N–H and O–H groups in total. The van der Waals surface area contributed by atoms with Crippen molar-refractivity contribution in [2.45, 2.75) is 25.8 Å². The average molecular weight is 432 g/mol. The first kappa shape index (κ1) is 19.9. The number of fused-ring (bicyclic) bond motifs is 4. The molecule has 2 aromatic rings. The number of nitrogens with one attached hydrogen (secondary N) is 1. The zero-order valence-corrected chi connectivity index (χ0v) is 17.6. The third-order valence-electron chi connectivity index (χ3n) is 5.48. The molecule has 2 bridgehead atoms. The molecular weight excluding hydrogens is 410 g/mol. The molecule has 1 fully saturated rings. The summed E-state index contributed by atoms with van der Waals surface area (Å²) in [7, 11) is 0. The van der Waals surface area contributed by atoms with Gasteiger partial charge in [-0.2, -0.15) is 0 Å². The van der Waals surface area contributed by atoms with Crippen LogP contribution in [0.5, 0.6) is 0 Å². The van der Waals surface area contributed by atoms with Gasteiger partial charge in [-0.05, 0) is 55.7 Å². The van der Waals surface area contributed by atoms with Gasteiger partial charge in [0.2, 0.25) is 0 Å². The van der Waals surface area contributed by atoms with Crippen LogP contribution < -0.4 is 10.9 Å². The lowest BCUT2D eigenvalue weighted by molar-refractivity contribution is 0.0526. The number of ether oxygens (including phenoxy) is 1. The van der Waals surface area contributed by atoms with Gasteiger partial charge in [0.15, 0.2) is 5.11 Å². The monoisotopic (exact) mass is 431 g/mol. The van der Waals surface area contributed by atoms with Crippen LogP contribution in [0.15, 0.2) is 41.2 Å². The lowest BCUT2D eigenvalue weighted by Gasteiger charge is -2.43. The highest BCUT2D eigenvalue weighted by molar-refractivity contribution is 7.80. The van der Waals surface area contributed by atoms with Crippen molar-refractivity contribution < 1.29 is 9.53 Å². The van der Waals surface area contributed by atoms with Gasteiger partial charge in [0.1, 0.15) is 0 Å². The molecule has 4 rings (SSSR count). The zero-order chi connectivity index (χ0) is 20.5. The van der Waals surface area contributed by atoms with Gasteiger partial charge >= 0.3 is 5.97 Å². The minimum atomic E-state index is -0.457. The molecule has 0 spiro atoms. The second-order valence-electron chi connectivity index (χ2n) is 7.45. The molecule has 0 amide bonds. The summed E-state index contributed by atoms with van der Waals surface area (Å²) in [5.74, 6) is 0.194. The second kappa shape index (κ2) is 8.16. The minimum absolute atomic E-state index is 0.0685. The summed E-state index contributed by atoms with van der Waals surface area (Å²) in [5.41, 5.74) is 2.15. The highest BCUT2D eigenvalue weighted by atomic mass is 35.5. The number of benzene rings is 1. The minimum Gasteiger partial charge on any atom is -0.462 e. The molecule has 2 aliphatic rings. The lowest BCUT2D eigenvalue weighted by atomic mass is 9.83. The number of halogens is 1. The molecule has 6 nitrogen and oxygen atoms in total. The van der Waals surface area contributed by atoms with E-state index in [0.29, 0.717) is 27.3 Å². The van der Waals surface area contributed by atoms with Crippen molar-refractivity contribution in [3.05, 3.63) is 63.0 Å². The number of aromatic nitrogens is 1. The van der Waals surface area contributed by atoms with Crippen molar-refractivity contribution in [1.29, 1.82) is 0 Å². The molecule has 0 radical (unpaired) electrons. The number of rotatable bonds is 3. The standard InChI is InChI=1S/C21H22ClN3O3S/c1-2-28-20(27)16-9-15(6-7-17(16)22)23-21(29)24-10-13-8-14(12-24)18-4-3-5-19(26)25(18)11-13/h3-7,9,13-14H,2,8,10-12H2,1H3,(H,23,29)/t13-,14-/m1/s1. The van der Waals surface area contributed by atoms with Crippen LogP contribution in [0.3, 0.4) is 0 Å². The van der Waals surface area contributed by atoms with Gasteiger partial charge in [-0.1, -0.05) is 17.7 Å². The van der Waals surface area contributed by atoms with Crippen LogP contribution in [-0.2, 0) is 11.3 Å². The van der Waals surface area contributed by atoms with E-state index < -0.39 is 5.97 Å². The van der Waals surface area contributed by atoms with E-state index in [1.54, 1.807) is 31.2 Å². The van der Waals surface area contributed by atoms with Crippen LogP contribution in [0.4, 0.5) is 5.69 Å². The molecule has 8 heteroatoms. The van der Waals surface area contributed by atoms with E-state index in [4.69, 9.17) is 28.6 Å². The molecule has 152 valence electrons. The number of pyridine rings is 1. The smallest absolute Gasteiger partial charge is 0.339 e. The number of nitrogens with zero attached hydrogens (tertiary/aromatic N) is 2. The molecule has 0 saturated carbocycles. The average Bonchev–Trinajstić information content (AvgIpc) is 2.70. The molecule has 3 heterocycles. The first-order chi connectivity index (χ1) is 14.0. The Bertz CT molecular complexity index is 1020. The summed E-state index contributed by atoms with van der Waals surface area (Å²) in [6, 6.07) is 10.6. The molecule has 1 aromatic carbocycles. The number of hydrogen-bond acceptors (Lipinski definition) is 4. The summed E-state index contributed by atoms with van der Waals surface area (Å²) in [6.07, 6.45) is 1.07. The fourth-order valence-electron chi connectivity index (χ4n) is 4.23. The lowest BCUT2D eigenvalue weighted by Crippen LogP contribution is -2.50. The van der Waals surface area contributed by atoms with Crippen molar-refractivity contribution >= 4 is 40.6 Å². The van der Waals surface area contributed by atoms with Gasteiger partial charge in [0.25, 0.3) is 5.56 Å². The van der Waals surface area contributed by atoms with E-state index >= 15 is 0 Å². The third-order valence-corrected chi connectivity index (χ3v) is 6.17. The Labute approximate surface area is 179 Å². The van der Waals surface area contributed by atoms with Crippen LogP contribution >= 0.6 is 23.8 Å². The molecule has 2 atom stereocenters. The Balaban J connectivity index is 1.50. The molecule has 0 unspecified atom stereocenters. The van der Waals surface area contributed by atoms with Gasteiger partial charge in [0, 0.05) is 43.0 Å². The second-order valence-corrected chi connectivity index (χ2v) is 8.24. The van der Waals surface area contributed by atoms with Crippen molar-refractivity contribution in [1.82, 2.24) is 9.47 Å². The number of carbonyl (C=O) groups is 1. The maximum Gasteiger partial charge on any atom is 0.339 e. The Hall–Kier alpha value is -2.38. The molecule has 2 aliphatic heterocycles. The summed E-state index contributed by atoms with van der Waals surface area (Å²) in [5, 5.41) is 4.17. The highest BCUT2D eigenvalue weighted by Gasteiger charge is 2.35. The number of esters is 1. The largest absolute Gasteiger partial charge is 0.462 e. The Morgan fingerprint density at radius 1 is 1.28 bits per heavy atom. The predicted octanol–water partition coefficient (Wildman–Crippen LogP) is 3.49. The fraction of sp³-hybridized carbons (Fsp3) is 0.381. The Kier molecular flexibility index (Phi) is 5.61. The van der Waals surface area contributed by atoms with Crippen molar-refractivity contribution in [2.75, 3.05) is 25.0 Å². The van der Waals surface area contributed by atoms with Crippen LogP contribution in [0, 0.1) is 5.92 Å². The van der Waals surface area contributed by atoms with Crippen LogP contribution in [0.1, 0.15) is 35.3 Å². The topological polar surface area (TPSA) is 63.6 Å². The number of hydrogen-bond donors (Lipinski definition) is 1. The number of thiocarbonyl (C=S) groups is 1. The zero-order valence-electron chi connectivity index (χ0n) is 16.1. The van der Waals surface area contributed by atoms with Crippen molar-refractivity contribution in [3.63, 3.8) is 0 Å². The first-order valence-corrected chi connectivity index (χ1v) is 10.5. The highest BCUT2D eigenvalue weighted by Crippen LogP contribution is 2.35. The van der Waals surface area contributed by atoms with Gasteiger partial charge in [-0.3, -0.25) is 4.79 Å². The van der Waals surface area contributed by atoms with Crippen molar-refractivity contribution in [3.8, 4) is 0 Å². The fourth-order valence-corrected chi connectivity index (χ4v) is 4.69. The van der Waals surface area contributed by atoms with Gasteiger partial charge in [-0.25, -0.2) is 4.79 Å². The van der Waals surface area contributed by atoms with E-state index in [0.717, 1.165) is 31.7 Å². The maximum atomic E-state index is 12.2. The number of likely N-dealkylation sites (tertiary alicyclic amines) is 1. The number of anilines is 1. The summed E-state index contributed by atoms with van der Waals surface area (Å²) >= 11 is 11.8. The van der Waals surface area contributed by atoms with Crippen LogP contribution in [0.2, 0.25) is 5.02 Å². The maximum absolute atomic E-state index is 12.2. The Morgan fingerprint density at radius 3 is 2.90 bits per heavy atom. The van der Waals surface area contributed by atoms with E-state index in [-0.39, 0.29) is 18.1 Å². The van der Waals surface area contributed by atoms with Gasteiger partial charge in [-0.15, -0.1) is 0 Å². The van der Waals surface area contributed by atoms with E-state index in [1.807, 2.05) is 16.7 Å². The van der Waals surface area contributed by atoms with Crippen LogP contribution in [0.25, 0.3) is 0 Å². The predicted molar refractivity (Wildman–Crippen MR) is 117 cm³/mol. The molecule has 1 saturated heterocycles. The summed E-state index contributed by atoms with van der Waals surface area (Å²) in [4.78, 5) is 26.4. The summed E-state index contributed by atoms with van der Waals surface area (Å²) in [6.45, 7) is 4.30. The van der Waals surface area contributed by atoms with Gasteiger partial charge in [0.05, 0.1) is 17.2 Å². The quantitative estimate of drug-likeness (QED) is 0.592. The Morgan fingerprint density at radius 2 is 2.10 bits per heavy atom. The van der Waals surface area contributed by atoms with E-state index in [9.17, 15) is 9.59 Å². The van der Waals surface area contributed by atoms with Crippen LogP contribution in [-0.4, -0.2) is 40.2 Å². The summed E-state index contributed by atoms with van der Waals surface area (Å²) < 4.78 is 6.96. The third kappa shape index (κ3) is 4.02. The first-order valence-electron chi connectivity index (χ1n) is 9.68.